The van der Waals surface area contributed by atoms with Crippen LogP contribution in [0.5, 0.6) is 0 Å². The van der Waals surface area contributed by atoms with Gasteiger partial charge in [0.05, 0.1) is 27.2 Å². The van der Waals surface area contributed by atoms with Gasteiger partial charge in [-0.15, -0.1) is 0 Å². The zero-order chi connectivity index (χ0) is 20.7. The fourth-order valence-corrected chi connectivity index (χ4v) is 4.23. The Morgan fingerprint density at radius 3 is 2.63 bits per heavy atom. The molecular formula is C22H19N5O2S. The van der Waals surface area contributed by atoms with E-state index in [9.17, 15) is 9.59 Å². The topological polar surface area (TPSA) is 92.1 Å². The summed E-state index contributed by atoms with van der Waals surface area (Å²) >= 11 is 1.43. The number of thiazole rings is 1. The number of carbonyl (C=O) groups is 1. The van der Waals surface area contributed by atoms with Crippen LogP contribution in [0.25, 0.3) is 26.6 Å². The van der Waals surface area contributed by atoms with Crippen molar-refractivity contribution in [3.63, 3.8) is 0 Å². The fraction of sp³-hybridized carbons (Fsp3) is 0.182. The molecule has 0 radical (unpaired) electrons. The summed E-state index contributed by atoms with van der Waals surface area (Å²) in [6, 6.07) is 17.3. The summed E-state index contributed by atoms with van der Waals surface area (Å²) in [5.74, 6) is -0.0570. The van der Waals surface area contributed by atoms with Crippen LogP contribution in [0, 0.1) is 5.92 Å². The van der Waals surface area contributed by atoms with Gasteiger partial charge in [0.2, 0.25) is 11.0 Å². The maximum Gasteiger partial charge on any atom is 0.283 e. The number of fused-ring (bicyclic) bond motifs is 1. The second-order valence-electron chi connectivity index (χ2n) is 7.28. The molecule has 1 saturated carbocycles. The molecule has 1 aliphatic rings. The number of hydrogen-bond acceptors (Lipinski definition) is 5. The predicted molar refractivity (Wildman–Crippen MR) is 118 cm³/mol. The zero-order valence-electron chi connectivity index (χ0n) is 16.3. The lowest BCUT2D eigenvalue weighted by Crippen LogP contribution is -2.24. The Morgan fingerprint density at radius 2 is 1.90 bits per heavy atom. The Morgan fingerprint density at radius 1 is 1.17 bits per heavy atom. The lowest BCUT2D eigenvalue weighted by Gasteiger charge is -2.03. The molecule has 0 bridgehead atoms. The highest BCUT2D eigenvalue weighted by molar-refractivity contribution is 7.20. The van der Waals surface area contributed by atoms with E-state index in [2.05, 4.69) is 20.6 Å². The first-order valence-electron chi connectivity index (χ1n) is 9.72. The van der Waals surface area contributed by atoms with Gasteiger partial charge in [-0.05, 0) is 31.9 Å². The molecule has 2 N–H and O–H groups in total. The van der Waals surface area contributed by atoms with Gasteiger partial charge in [-0.3, -0.25) is 14.7 Å². The molecule has 2 heterocycles. The molecule has 30 heavy (non-hydrogen) atoms. The highest BCUT2D eigenvalue weighted by Crippen LogP contribution is 2.29. The minimum atomic E-state index is -0.255. The molecule has 1 aliphatic carbocycles. The lowest BCUT2D eigenvalue weighted by atomic mass is 10.1. The smallest absolute Gasteiger partial charge is 0.283 e. The van der Waals surface area contributed by atoms with E-state index < -0.39 is 0 Å². The van der Waals surface area contributed by atoms with Gasteiger partial charge in [0.25, 0.3) is 5.56 Å². The highest BCUT2D eigenvalue weighted by Gasteiger charge is 2.29. The van der Waals surface area contributed by atoms with Crippen molar-refractivity contribution in [3.05, 3.63) is 70.5 Å². The zero-order valence-corrected chi connectivity index (χ0v) is 17.1. The van der Waals surface area contributed by atoms with Crippen LogP contribution in [0.4, 0.5) is 0 Å². The van der Waals surface area contributed by atoms with E-state index in [1.165, 1.54) is 16.0 Å². The third kappa shape index (κ3) is 3.35. The van der Waals surface area contributed by atoms with Crippen molar-refractivity contribution in [3.8, 4) is 16.4 Å². The number of hydrogen-bond donors (Lipinski definition) is 2. The third-order valence-electron chi connectivity index (χ3n) is 5.07. The van der Waals surface area contributed by atoms with Crippen molar-refractivity contribution in [2.75, 3.05) is 0 Å². The molecule has 0 aliphatic heterocycles. The summed E-state index contributed by atoms with van der Waals surface area (Å²) in [6.45, 7) is 1.73. The molecule has 2 aromatic carbocycles. The van der Waals surface area contributed by atoms with Crippen LogP contribution in [0.3, 0.4) is 0 Å². The van der Waals surface area contributed by atoms with E-state index >= 15 is 0 Å². The van der Waals surface area contributed by atoms with E-state index in [1.54, 1.807) is 6.92 Å². The van der Waals surface area contributed by atoms with Gasteiger partial charge in [0, 0.05) is 11.5 Å². The molecule has 5 rings (SSSR count). The normalized spacial score (nSPS) is 14.2. The van der Waals surface area contributed by atoms with Gasteiger partial charge in [0.15, 0.2) is 0 Å². The summed E-state index contributed by atoms with van der Waals surface area (Å²) in [7, 11) is 0. The van der Waals surface area contributed by atoms with Crippen molar-refractivity contribution >= 4 is 33.2 Å². The number of amides is 1. The van der Waals surface area contributed by atoms with Gasteiger partial charge in [0.1, 0.15) is 0 Å². The predicted octanol–water partition coefficient (Wildman–Crippen LogP) is 3.69. The SMILES string of the molecule is C/C(=N\NC(=O)C1CC1)c1c(-c2ccccc2)[nH]n(-c2nc3ccccc3s2)c1=O. The maximum absolute atomic E-state index is 13.4. The number of carbonyl (C=O) groups excluding carboxylic acids is 1. The Labute approximate surface area is 176 Å². The number of rotatable bonds is 5. The summed E-state index contributed by atoms with van der Waals surface area (Å²) in [4.78, 5) is 30.0. The standard InChI is InChI=1S/C22H19N5O2S/c1-13(24-25-20(28)15-11-12-15)18-19(14-7-3-2-4-8-14)26-27(21(18)29)22-23-16-9-5-6-10-17(16)30-22/h2-10,15,26H,11-12H2,1H3,(H,25,28)/b24-13+. The second-order valence-corrected chi connectivity index (χ2v) is 8.29. The Bertz CT molecular complexity index is 1300. The van der Waals surface area contributed by atoms with Crippen LogP contribution in [-0.2, 0) is 4.79 Å². The van der Waals surface area contributed by atoms with Crippen molar-refractivity contribution in [1.82, 2.24) is 20.2 Å². The van der Waals surface area contributed by atoms with E-state index in [1.807, 2.05) is 54.6 Å². The molecular weight excluding hydrogens is 398 g/mol. The number of hydrazone groups is 1. The average molecular weight is 417 g/mol. The monoisotopic (exact) mass is 417 g/mol. The van der Waals surface area contributed by atoms with Crippen LogP contribution in [0.1, 0.15) is 25.3 Å². The molecule has 0 unspecified atom stereocenters. The van der Waals surface area contributed by atoms with Crippen molar-refractivity contribution < 1.29 is 4.79 Å². The summed E-state index contributed by atoms with van der Waals surface area (Å²) in [5.41, 5.74) is 5.53. The average Bonchev–Trinajstić information content (AvgIpc) is 3.44. The summed E-state index contributed by atoms with van der Waals surface area (Å²) in [5, 5.41) is 7.98. The van der Waals surface area contributed by atoms with Crippen molar-refractivity contribution in [2.24, 2.45) is 11.0 Å². The summed E-state index contributed by atoms with van der Waals surface area (Å²) in [6.07, 6.45) is 1.79. The number of para-hydroxylation sites is 1. The lowest BCUT2D eigenvalue weighted by molar-refractivity contribution is -0.122. The van der Waals surface area contributed by atoms with Crippen LogP contribution in [0.2, 0.25) is 0 Å². The van der Waals surface area contributed by atoms with E-state index in [4.69, 9.17) is 0 Å². The van der Waals surface area contributed by atoms with E-state index in [0.717, 1.165) is 28.6 Å². The minimum Gasteiger partial charge on any atom is -0.288 e. The molecule has 1 amide bonds. The number of H-pyrrole nitrogens is 1. The first-order chi connectivity index (χ1) is 14.6. The Balaban J connectivity index is 1.63. The van der Waals surface area contributed by atoms with Gasteiger partial charge < -0.3 is 0 Å². The van der Waals surface area contributed by atoms with Crippen LogP contribution in [-0.4, -0.2) is 26.4 Å². The molecule has 0 atom stereocenters. The molecule has 8 heteroatoms. The Hall–Kier alpha value is -3.52. The molecule has 0 saturated heterocycles. The minimum absolute atomic E-state index is 0.0424. The van der Waals surface area contributed by atoms with Crippen molar-refractivity contribution in [2.45, 2.75) is 19.8 Å². The van der Waals surface area contributed by atoms with E-state index in [-0.39, 0.29) is 17.4 Å². The number of benzene rings is 2. The molecule has 0 spiro atoms. The van der Waals surface area contributed by atoms with Gasteiger partial charge in [-0.25, -0.2) is 10.4 Å². The molecule has 1 fully saturated rings. The second kappa shape index (κ2) is 7.38. The Kier molecular flexibility index (Phi) is 4.55. The highest BCUT2D eigenvalue weighted by atomic mass is 32.1. The van der Waals surface area contributed by atoms with E-state index in [0.29, 0.717) is 22.1 Å². The van der Waals surface area contributed by atoms with Crippen LogP contribution in [0.15, 0.2) is 64.5 Å². The number of nitrogens with zero attached hydrogens (tertiary/aromatic N) is 3. The number of aromatic nitrogens is 3. The fourth-order valence-electron chi connectivity index (χ4n) is 3.31. The van der Waals surface area contributed by atoms with Crippen LogP contribution < -0.4 is 11.0 Å². The van der Waals surface area contributed by atoms with Crippen molar-refractivity contribution in [1.29, 1.82) is 0 Å². The first-order valence-corrected chi connectivity index (χ1v) is 10.5. The number of nitrogens with one attached hydrogen (secondary N) is 2. The van der Waals surface area contributed by atoms with Gasteiger partial charge >= 0.3 is 0 Å². The maximum atomic E-state index is 13.4. The summed E-state index contributed by atoms with van der Waals surface area (Å²) < 4.78 is 2.45. The number of aromatic amines is 1. The molecule has 150 valence electrons. The molecule has 2 aromatic heterocycles. The molecule has 7 nitrogen and oxygen atoms in total. The quantitative estimate of drug-likeness (QED) is 0.383. The first kappa shape index (κ1) is 18.5. The molecule has 4 aromatic rings. The third-order valence-corrected chi connectivity index (χ3v) is 6.09. The largest absolute Gasteiger partial charge is 0.288 e. The van der Waals surface area contributed by atoms with Gasteiger partial charge in [-0.1, -0.05) is 53.8 Å². The van der Waals surface area contributed by atoms with Crippen LogP contribution >= 0.6 is 11.3 Å². The van der Waals surface area contributed by atoms with Gasteiger partial charge in [-0.2, -0.15) is 9.78 Å².